The molecule has 13 rings (SSSR count). The van der Waals surface area contributed by atoms with Crippen LogP contribution in [0, 0.1) is 0 Å². The first-order valence-corrected chi connectivity index (χ1v) is 20.0. The van der Waals surface area contributed by atoms with Crippen molar-refractivity contribution < 1.29 is 0 Å². The van der Waals surface area contributed by atoms with Crippen molar-refractivity contribution in [1.29, 1.82) is 0 Å². The molecule has 2 aromatic heterocycles. The average molecular weight is 725 g/mol. The minimum absolute atomic E-state index is 0.0595. The topological polar surface area (TPSA) is 9.86 Å². The number of hydrogen-bond donors (Lipinski definition) is 0. The normalized spacial score (nSPS) is 13.6. The Labute approximate surface area is 330 Å². The van der Waals surface area contributed by atoms with E-state index < -0.39 is 0 Å². The highest BCUT2D eigenvalue weighted by Gasteiger charge is 2.35. The van der Waals surface area contributed by atoms with Crippen LogP contribution in [0.15, 0.2) is 182 Å². The maximum Gasteiger partial charge on any atom is 0.0541 e. The molecule has 0 saturated carbocycles. The number of hydrogen-bond acceptors (Lipinski definition) is 0. The van der Waals surface area contributed by atoms with Crippen LogP contribution in [0.3, 0.4) is 0 Å². The van der Waals surface area contributed by atoms with Crippen LogP contribution in [0.1, 0.15) is 25.0 Å². The van der Waals surface area contributed by atoms with Crippen molar-refractivity contribution in [3.63, 3.8) is 0 Å². The molecule has 11 aromatic rings. The van der Waals surface area contributed by atoms with Gasteiger partial charge >= 0.3 is 0 Å². The quantitative estimate of drug-likeness (QED) is 0.172. The smallest absolute Gasteiger partial charge is 0.0541 e. The molecule has 0 saturated heterocycles. The van der Waals surface area contributed by atoms with Crippen LogP contribution in [0.5, 0.6) is 0 Å². The zero-order chi connectivity index (χ0) is 37.6. The third kappa shape index (κ3) is 4.09. The highest BCUT2D eigenvalue weighted by Crippen LogP contribution is 2.51. The summed E-state index contributed by atoms with van der Waals surface area (Å²) in [5.74, 6) is 0. The van der Waals surface area contributed by atoms with E-state index in [4.69, 9.17) is 0 Å². The van der Waals surface area contributed by atoms with Gasteiger partial charge in [0.15, 0.2) is 0 Å². The number of aromatic nitrogens is 2. The van der Waals surface area contributed by atoms with E-state index in [2.05, 4.69) is 205 Å². The Morgan fingerprint density at radius 3 is 1.58 bits per heavy atom. The van der Waals surface area contributed by atoms with Crippen LogP contribution in [0.2, 0.25) is 0 Å². The fourth-order valence-electron chi connectivity index (χ4n) is 10.6. The Morgan fingerprint density at radius 1 is 0.333 bits per heavy atom. The van der Waals surface area contributed by atoms with Gasteiger partial charge in [0, 0.05) is 38.3 Å². The molecule has 0 bridgehead atoms. The first kappa shape index (κ1) is 31.1. The molecule has 0 aliphatic heterocycles. The van der Waals surface area contributed by atoms with Crippen molar-refractivity contribution in [3.05, 3.63) is 193 Å². The Morgan fingerprint density at radius 2 is 0.877 bits per heavy atom. The molecule has 0 unspecified atom stereocenters. The Balaban J connectivity index is 0.973. The number of benzene rings is 9. The largest absolute Gasteiger partial charge is 0.309 e. The third-order valence-corrected chi connectivity index (χ3v) is 13.2. The molecule has 0 amide bonds. The summed E-state index contributed by atoms with van der Waals surface area (Å²) >= 11 is 0. The Kier molecular flexibility index (Phi) is 6.00. The molecule has 0 atom stereocenters. The van der Waals surface area contributed by atoms with Gasteiger partial charge in [-0.1, -0.05) is 135 Å². The second kappa shape index (κ2) is 11.0. The number of rotatable bonds is 3. The lowest BCUT2D eigenvalue weighted by atomic mass is 9.82. The van der Waals surface area contributed by atoms with Gasteiger partial charge in [-0.25, -0.2) is 0 Å². The molecule has 2 aliphatic carbocycles. The average Bonchev–Trinajstić information content (AvgIpc) is 3.95. The van der Waals surface area contributed by atoms with E-state index in [0.29, 0.717) is 0 Å². The zero-order valence-electron chi connectivity index (χ0n) is 31.7. The highest BCUT2D eigenvalue weighted by atomic mass is 15.0. The molecular formula is C55H36N2. The van der Waals surface area contributed by atoms with Gasteiger partial charge in [0.2, 0.25) is 0 Å². The molecule has 2 aliphatic rings. The van der Waals surface area contributed by atoms with E-state index in [1.807, 2.05) is 0 Å². The molecule has 2 nitrogen and oxygen atoms in total. The highest BCUT2D eigenvalue weighted by molar-refractivity contribution is 6.17. The van der Waals surface area contributed by atoms with Crippen LogP contribution >= 0.6 is 0 Å². The lowest BCUT2D eigenvalue weighted by molar-refractivity contribution is 0.660. The van der Waals surface area contributed by atoms with E-state index in [1.165, 1.54) is 121 Å². The van der Waals surface area contributed by atoms with Gasteiger partial charge in [-0.15, -0.1) is 0 Å². The van der Waals surface area contributed by atoms with Crippen LogP contribution in [-0.2, 0) is 5.41 Å². The summed E-state index contributed by atoms with van der Waals surface area (Å²) in [5.41, 5.74) is 20.4. The molecule has 0 spiro atoms. The van der Waals surface area contributed by atoms with Crippen molar-refractivity contribution in [2.75, 3.05) is 0 Å². The molecule has 0 fully saturated rings. The summed E-state index contributed by atoms with van der Waals surface area (Å²) in [4.78, 5) is 0. The first-order chi connectivity index (χ1) is 28.0. The molecule has 0 radical (unpaired) electrons. The van der Waals surface area contributed by atoms with Gasteiger partial charge in [0.25, 0.3) is 0 Å². The molecule has 2 heteroatoms. The van der Waals surface area contributed by atoms with Gasteiger partial charge in [-0.2, -0.15) is 0 Å². The summed E-state index contributed by atoms with van der Waals surface area (Å²) < 4.78 is 4.92. The fourth-order valence-corrected chi connectivity index (χ4v) is 10.6. The molecule has 57 heavy (non-hydrogen) atoms. The predicted octanol–water partition coefficient (Wildman–Crippen LogP) is 14.7. The number of para-hydroxylation sites is 2. The van der Waals surface area contributed by atoms with E-state index in [9.17, 15) is 0 Å². The van der Waals surface area contributed by atoms with Crippen molar-refractivity contribution >= 4 is 54.4 Å². The van der Waals surface area contributed by atoms with Crippen molar-refractivity contribution in [3.8, 4) is 55.9 Å². The van der Waals surface area contributed by atoms with E-state index in [-0.39, 0.29) is 5.41 Å². The summed E-state index contributed by atoms with van der Waals surface area (Å²) in [6.45, 7) is 4.72. The van der Waals surface area contributed by atoms with Gasteiger partial charge in [0.05, 0.1) is 22.1 Å². The van der Waals surface area contributed by atoms with Crippen molar-refractivity contribution in [2.24, 2.45) is 0 Å². The van der Waals surface area contributed by atoms with Gasteiger partial charge in [-0.05, 0) is 127 Å². The van der Waals surface area contributed by atoms with Gasteiger partial charge in [0.1, 0.15) is 0 Å². The monoisotopic (exact) mass is 724 g/mol. The van der Waals surface area contributed by atoms with E-state index in [1.54, 1.807) is 0 Å². The van der Waals surface area contributed by atoms with Crippen molar-refractivity contribution in [1.82, 2.24) is 9.13 Å². The molecule has 0 N–H and O–H groups in total. The maximum absolute atomic E-state index is 2.46. The SMILES string of the molecule is CC1(C)c2ccccc2-c2ccc(-n3c4ccccc4c4cc(-c5ccc6c(c5)c5ccccc5n6-c5cc6c7c(cccc7c5)-c5ccccc5-6)ccc43)cc21. The third-order valence-electron chi connectivity index (χ3n) is 13.2. The summed E-state index contributed by atoms with van der Waals surface area (Å²) in [5, 5.41) is 7.69. The standard InChI is InChI=1S/C55H36N2/c1-55(2)48-19-8-5-15-40(48)41-25-24-36(32-49(41)55)56-50-20-9-6-16-42(50)45-29-33(22-26-52(45)56)34-23-27-53-46(30-34)43-17-7-10-21-51(43)57(53)37-28-35-12-11-18-44-38-13-3-4-14-39(38)47(31-37)54(35)44/h3-32H,1-2H3. The molecule has 9 aromatic carbocycles. The second-order valence-corrected chi connectivity index (χ2v) is 16.5. The summed E-state index contributed by atoms with van der Waals surface area (Å²) in [6, 6.07) is 68.1. The molecular weight excluding hydrogens is 689 g/mol. The Bertz CT molecular complexity index is 3550. The first-order valence-electron chi connectivity index (χ1n) is 20.0. The minimum atomic E-state index is -0.0595. The van der Waals surface area contributed by atoms with Gasteiger partial charge < -0.3 is 9.13 Å². The van der Waals surface area contributed by atoms with Crippen LogP contribution in [0.4, 0.5) is 0 Å². The Hall–Kier alpha value is -7.16. The fraction of sp³-hybridized carbons (Fsp3) is 0.0545. The van der Waals surface area contributed by atoms with Crippen LogP contribution in [-0.4, -0.2) is 9.13 Å². The predicted molar refractivity (Wildman–Crippen MR) is 240 cm³/mol. The van der Waals surface area contributed by atoms with Crippen molar-refractivity contribution in [2.45, 2.75) is 19.3 Å². The lowest BCUT2D eigenvalue weighted by Crippen LogP contribution is -2.15. The van der Waals surface area contributed by atoms with E-state index in [0.717, 1.165) is 0 Å². The maximum atomic E-state index is 2.46. The summed E-state index contributed by atoms with van der Waals surface area (Å²) in [7, 11) is 0. The number of nitrogens with zero attached hydrogens (tertiary/aromatic N) is 2. The van der Waals surface area contributed by atoms with Crippen LogP contribution in [0.25, 0.3) is 110 Å². The number of fused-ring (bicyclic) bond motifs is 12. The summed E-state index contributed by atoms with van der Waals surface area (Å²) in [6.07, 6.45) is 0. The zero-order valence-corrected chi connectivity index (χ0v) is 31.7. The molecule has 2 heterocycles. The van der Waals surface area contributed by atoms with Crippen LogP contribution < -0.4 is 0 Å². The second-order valence-electron chi connectivity index (χ2n) is 16.5. The minimum Gasteiger partial charge on any atom is -0.309 e. The molecule has 266 valence electrons. The van der Waals surface area contributed by atoms with Gasteiger partial charge in [-0.3, -0.25) is 0 Å². The lowest BCUT2D eigenvalue weighted by Gasteiger charge is -2.22. The van der Waals surface area contributed by atoms with E-state index >= 15 is 0 Å².